The molecule has 6 nitrogen and oxygen atoms in total. The van der Waals surface area contributed by atoms with Gasteiger partial charge < -0.3 is 14.4 Å². The fourth-order valence-electron chi connectivity index (χ4n) is 3.86. The second-order valence-electron chi connectivity index (χ2n) is 9.00. The lowest BCUT2D eigenvalue weighted by Gasteiger charge is -2.33. The molecule has 33 heavy (non-hydrogen) atoms. The highest BCUT2D eigenvalue weighted by molar-refractivity contribution is 6.07. The first-order chi connectivity index (χ1) is 15.7. The number of nitrogens with one attached hydrogen (secondary N) is 1. The van der Waals surface area contributed by atoms with Gasteiger partial charge in [0.25, 0.3) is 5.91 Å². The van der Waals surface area contributed by atoms with Gasteiger partial charge in [-0.15, -0.1) is 0 Å². The van der Waals surface area contributed by atoms with Gasteiger partial charge >= 0.3 is 6.09 Å². The average molecular weight is 451 g/mol. The molecule has 3 aromatic rings. The van der Waals surface area contributed by atoms with E-state index in [9.17, 15) is 14.0 Å². The molecule has 2 amide bonds. The van der Waals surface area contributed by atoms with Gasteiger partial charge in [-0.3, -0.25) is 10.1 Å². The smallest absolute Gasteiger partial charge is 0.412 e. The molecule has 1 aliphatic rings. The minimum absolute atomic E-state index is 0.207. The maximum atomic E-state index is 14.3. The number of rotatable bonds is 3. The Morgan fingerprint density at radius 2 is 1.73 bits per heavy atom. The Labute approximate surface area is 192 Å². The molecular weight excluding hydrogens is 423 g/mol. The molecule has 0 bridgehead atoms. The first-order valence-electron chi connectivity index (χ1n) is 10.9. The number of carbonyl (C=O) groups is 2. The molecule has 1 unspecified atom stereocenters. The fourth-order valence-corrected chi connectivity index (χ4v) is 3.86. The number of halogens is 1. The molecule has 0 saturated carbocycles. The second-order valence-corrected chi connectivity index (χ2v) is 9.00. The minimum Gasteiger partial charge on any atom is -0.444 e. The number of amides is 2. The Hall–Kier alpha value is -3.45. The quantitative estimate of drug-likeness (QED) is 0.569. The molecule has 0 radical (unpaired) electrons. The van der Waals surface area contributed by atoms with E-state index in [0.717, 1.165) is 10.8 Å². The predicted molar refractivity (Wildman–Crippen MR) is 125 cm³/mol. The molecule has 4 rings (SSSR count). The van der Waals surface area contributed by atoms with E-state index in [4.69, 9.17) is 9.47 Å². The molecule has 7 heteroatoms. The maximum Gasteiger partial charge on any atom is 0.412 e. The molecule has 0 spiro atoms. The summed E-state index contributed by atoms with van der Waals surface area (Å²) in [5.41, 5.74) is 0.443. The van der Waals surface area contributed by atoms with Crippen LogP contribution in [-0.4, -0.2) is 42.2 Å². The van der Waals surface area contributed by atoms with Crippen molar-refractivity contribution in [2.24, 2.45) is 0 Å². The highest BCUT2D eigenvalue weighted by atomic mass is 19.1. The summed E-state index contributed by atoms with van der Waals surface area (Å²) in [5.74, 6) is -0.633. The van der Waals surface area contributed by atoms with Gasteiger partial charge in [0.2, 0.25) is 0 Å². The van der Waals surface area contributed by atoms with Crippen molar-refractivity contribution in [1.29, 1.82) is 0 Å². The van der Waals surface area contributed by atoms with Gasteiger partial charge in [-0.25, -0.2) is 9.18 Å². The number of hydrogen-bond donors (Lipinski definition) is 1. The molecule has 1 heterocycles. The molecule has 1 aliphatic heterocycles. The van der Waals surface area contributed by atoms with Crippen molar-refractivity contribution in [3.05, 3.63) is 77.6 Å². The van der Waals surface area contributed by atoms with Gasteiger partial charge in [0.15, 0.2) is 0 Å². The van der Waals surface area contributed by atoms with E-state index in [1.165, 1.54) is 6.07 Å². The summed E-state index contributed by atoms with van der Waals surface area (Å²) in [5, 5.41) is 4.48. The summed E-state index contributed by atoms with van der Waals surface area (Å²) in [6.45, 7) is 6.18. The summed E-state index contributed by atoms with van der Waals surface area (Å²) in [6, 6.07) is 17.5. The first-order valence-corrected chi connectivity index (χ1v) is 10.9. The van der Waals surface area contributed by atoms with Gasteiger partial charge in [0.1, 0.15) is 17.5 Å². The largest absolute Gasteiger partial charge is 0.444 e. The van der Waals surface area contributed by atoms with E-state index in [-0.39, 0.29) is 24.9 Å². The van der Waals surface area contributed by atoms with Crippen LogP contribution in [0.2, 0.25) is 0 Å². The number of ether oxygens (including phenoxy) is 2. The molecule has 1 saturated heterocycles. The summed E-state index contributed by atoms with van der Waals surface area (Å²) < 4.78 is 25.4. The Kier molecular flexibility index (Phi) is 6.33. The zero-order valence-electron chi connectivity index (χ0n) is 18.9. The predicted octanol–water partition coefficient (Wildman–Crippen LogP) is 5.54. The zero-order chi connectivity index (χ0) is 23.6. The molecule has 0 aliphatic carbocycles. The van der Waals surface area contributed by atoms with Crippen molar-refractivity contribution in [1.82, 2.24) is 4.90 Å². The van der Waals surface area contributed by atoms with Crippen LogP contribution in [0, 0.1) is 5.82 Å². The van der Waals surface area contributed by atoms with Gasteiger partial charge in [-0.2, -0.15) is 0 Å². The molecular formula is C26H27FN2O4. The number of morpholine rings is 1. The lowest BCUT2D eigenvalue weighted by Crippen LogP contribution is -2.42. The third kappa shape index (κ3) is 5.31. The molecule has 0 aromatic heterocycles. The fraction of sp³-hybridized carbons (Fsp3) is 0.308. The Morgan fingerprint density at radius 1 is 1.06 bits per heavy atom. The third-order valence-electron chi connectivity index (χ3n) is 5.36. The zero-order valence-corrected chi connectivity index (χ0v) is 18.9. The van der Waals surface area contributed by atoms with E-state index < -0.39 is 17.8 Å². The van der Waals surface area contributed by atoms with Crippen molar-refractivity contribution < 1.29 is 23.5 Å². The Morgan fingerprint density at radius 3 is 2.42 bits per heavy atom. The van der Waals surface area contributed by atoms with E-state index in [2.05, 4.69) is 5.32 Å². The van der Waals surface area contributed by atoms with Gasteiger partial charge in [0.05, 0.1) is 24.4 Å². The lowest BCUT2D eigenvalue weighted by molar-refractivity contribution is -0.0242. The number of anilines is 1. The van der Waals surface area contributed by atoms with Crippen LogP contribution in [0.3, 0.4) is 0 Å². The van der Waals surface area contributed by atoms with Crippen LogP contribution in [0.25, 0.3) is 10.8 Å². The normalized spacial score (nSPS) is 16.5. The van der Waals surface area contributed by atoms with Crippen LogP contribution in [0.1, 0.15) is 42.8 Å². The molecule has 1 fully saturated rings. The molecule has 3 aromatic carbocycles. The van der Waals surface area contributed by atoms with Gasteiger partial charge in [0, 0.05) is 12.1 Å². The number of nitrogens with zero attached hydrogens (tertiary/aromatic N) is 1. The standard InChI is InChI=1S/C26H27FN2O4/c1-26(2,3)33-25(31)28-22-15-18-9-5-4-8-17(18)14-20(22)24(30)29-12-13-32-23(16-29)19-10-6-7-11-21(19)27/h4-11,14-15,23H,12-13,16H2,1-3H3,(H,28,31). The summed E-state index contributed by atoms with van der Waals surface area (Å²) in [7, 11) is 0. The van der Waals surface area contributed by atoms with Crippen LogP contribution in [0.5, 0.6) is 0 Å². The SMILES string of the molecule is CC(C)(C)OC(=O)Nc1cc2ccccc2cc1C(=O)N1CCOC(c2ccccc2F)C1. The number of hydrogen-bond acceptors (Lipinski definition) is 4. The van der Waals surface area contributed by atoms with E-state index in [1.807, 2.05) is 24.3 Å². The highest BCUT2D eigenvalue weighted by Crippen LogP contribution is 2.29. The number of benzene rings is 3. The molecule has 1 N–H and O–H groups in total. The van der Waals surface area contributed by atoms with Crippen molar-refractivity contribution in [2.75, 3.05) is 25.0 Å². The van der Waals surface area contributed by atoms with Crippen molar-refractivity contribution in [2.45, 2.75) is 32.5 Å². The monoisotopic (exact) mass is 450 g/mol. The summed E-state index contributed by atoms with van der Waals surface area (Å²) in [4.78, 5) is 27.7. The van der Waals surface area contributed by atoms with Crippen molar-refractivity contribution in [3.63, 3.8) is 0 Å². The number of carbonyl (C=O) groups excluding carboxylic acids is 2. The van der Waals surface area contributed by atoms with Crippen LogP contribution >= 0.6 is 0 Å². The van der Waals surface area contributed by atoms with Gasteiger partial charge in [-0.1, -0.05) is 42.5 Å². The second kappa shape index (κ2) is 9.19. The van der Waals surface area contributed by atoms with Gasteiger partial charge in [-0.05, 0) is 49.7 Å². The first kappa shape index (κ1) is 22.7. The summed E-state index contributed by atoms with van der Waals surface area (Å²) in [6.07, 6.45) is -1.20. The maximum absolute atomic E-state index is 14.3. The van der Waals surface area contributed by atoms with Crippen molar-refractivity contribution >= 4 is 28.5 Å². The molecule has 172 valence electrons. The summed E-state index contributed by atoms with van der Waals surface area (Å²) >= 11 is 0. The van der Waals surface area contributed by atoms with E-state index in [0.29, 0.717) is 23.4 Å². The van der Waals surface area contributed by atoms with Crippen LogP contribution < -0.4 is 5.32 Å². The van der Waals surface area contributed by atoms with Crippen molar-refractivity contribution in [3.8, 4) is 0 Å². The Balaban J connectivity index is 1.65. The Bertz CT molecular complexity index is 1190. The van der Waals surface area contributed by atoms with E-state index >= 15 is 0 Å². The average Bonchev–Trinajstić information content (AvgIpc) is 2.77. The lowest BCUT2D eigenvalue weighted by atomic mass is 10.0. The van der Waals surface area contributed by atoms with Crippen LogP contribution in [-0.2, 0) is 9.47 Å². The topological polar surface area (TPSA) is 67.9 Å². The van der Waals surface area contributed by atoms with E-state index in [1.54, 1.807) is 56.0 Å². The highest BCUT2D eigenvalue weighted by Gasteiger charge is 2.29. The van der Waals surface area contributed by atoms with Crippen LogP contribution in [0.15, 0.2) is 60.7 Å². The minimum atomic E-state index is -0.678. The van der Waals surface area contributed by atoms with Crippen LogP contribution in [0.4, 0.5) is 14.9 Å². The third-order valence-corrected chi connectivity index (χ3v) is 5.36. The molecule has 1 atom stereocenters. The number of fused-ring (bicyclic) bond motifs is 1.